The molecule has 0 spiro atoms. The summed E-state index contributed by atoms with van der Waals surface area (Å²) >= 11 is 0. The second kappa shape index (κ2) is 6.82. The second-order valence-corrected chi connectivity index (χ2v) is 5.95. The maximum Gasteiger partial charge on any atom is 0.260 e. The number of carbonyl (C=O) groups is 1. The third-order valence-corrected chi connectivity index (χ3v) is 4.17. The van der Waals surface area contributed by atoms with Gasteiger partial charge in [0.1, 0.15) is 11.6 Å². The highest BCUT2D eigenvalue weighted by Crippen LogP contribution is 2.26. The van der Waals surface area contributed by atoms with E-state index < -0.39 is 0 Å². The fourth-order valence-corrected chi connectivity index (χ4v) is 2.89. The number of halogens is 1. The summed E-state index contributed by atoms with van der Waals surface area (Å²) in [6, 6.07) is 12.3. The van der Waals surface area contributed by atoms with Crippen molar-refractivity contribution in [2.24, 2.45) is 0 Å². The Labute approximate surface area is 135 Å². The van der Waals surface area contributed by atoms with Crippen LogP contribution in [-0.2, 0) is 24.2 Å². The SMILES string of the molecule is CN(Cc1cccc(F)c1)C(=O)COc1ccc2c(c1)CCC2. The summed E-state index contributed by atoms with van der Waals surface area (Å²) in [4.78, 5) is 13.7. The largest absolute Gasteiger partial charge is 0.484 e. The minimum absolute atomic E-state index is 0.00932. The molecule has 0 N–H and O–H groups in total. The Morgan fingerprint density at radius 3 is 2.83 bits per heavy atom. The molecule has 1 aliphatic carbocycles. The molecule has 2 aromatic rings. The summed E-state index contributed by atoms with van der Waals surface area (Å²) < 4.78 is 18.8. The van der Waals surface area contributed by atoms with E-state index in [1.54, 1.807) is 24.1 Å². The lowest BCUT2D eigenvalue weighted by molar-refractivity contribution is -0.132. The first-order chi connectivity index (χ1) is 11.1. The smallest absolute Gasteiger partial charge is 0.260 e. The number of carbonyl (C=O) groups excluding carboxylic acids is 1. The minimum atomic E-state index is -0.294. The monoisotopic (exact) mass is 313 g/mol. The molecule has 0 fully saturated rings. The highest BCUT2D eigenvalue weighted by molar-refractivity contribution is 5.77. The third kappa shape index (κ3) is 3.89. The van der Waals surface area contributed by atoms with E-state index in [1.165, 1.54) is 29.7 Å². The summed E-state index contributed by atoms with van der Waals surface area (Å²) in [5.74, 6) is 0.311. The molecule has 23 heavy (non-hydrogen) atoms. The Morgan fingerprint density at radius 1 is 1.17 bits per heavy atom. The Kier molecular flexibility index (Phi) is 4.60. The maximum absolute atomic E-state index is 13.2. The van der Waals surface area contributed by atoms with Gasteiger partial charge in [-0.25, -0.2) is 4.39 Å². The van der Waals surface area contributed by atoms with Gasteiger partial charge in [-0.1, -0.05) is 18.2 Å². The second-order valence-electron chi connectivity index (χ2n) is 5.95. The van der Waals surface area contributed by atoms with Crippen LogP contribution >= 0.6 is 0 Å². The van der Waals surface area contributed by atoms with Gasteiger partial charge in [0.15, 0.2) is 6.61 Å². The zero-order valence-electron chi connectivity index (χ0n) is 13.2. The number of ether oxygens (including phenoxy) is 1. The van der Waals surface area contributed by atoms with Crippen molar-refractivity contribution in [2.45, 2.75) is 25.8 Å². The van der Waals surface area contributed by atoms with Crippen LogP contribution in [0.2, 0.25) is 0 Å². The van der Waals surface area contributed by atoms with Gasteiger partial charge in [0.2, 0.25) is 0 Å². The molecule has 3 nitrogen and oxygen atoms in total. The van der Waals surface area contributed by atoms with Crippen LogP contribution in [0.25, 0.3) is 0 Å². The van der Waals surface area contributed by atoms with E-state index in [1.807, 2.05) is 12.1 Å². The van der Waals surface area contributed by atoms with Crippen LogP contribution in [0.4, 0.5) is 4.39 Å². The van der Waals surface area contributed by atoms with Crippen molar-refractivity contribution in [1.82, 2.24) is 4.90 Å². The number of benzene rings is 2. The zero-order chi connectivity index (χ0) is 16.2. The average molecular weight is 313 g/mol. The van der Waals surface area contributed by atoms with E-state index >= 15 is 0 Å². The maximum atomic E-state index is 13.2. The quantitative estimate of drug-likeness (QED) is 0.847. The van der Waals surface area contributed by atoms with E-state index in [2.05, 4.69) is 6.07 Å². The van der Waals surface area contributed by atoms with E-state index in [0.717, 1.165) is 24.2 Å². The standard InChI is InChI=1S/C19H20FNO2/c1-21(12-14-4-2-7-17(20)10-14)19(22)13-23-18-9-8-15-5-3-6-16(15)11-18/h2,4,7-11H,3,5-6,12-13H2,1H3. The predicted molar refractivity (Wildman–Crippen MR) is 86.8 cm³/mol. The number of nitrogens with zero attached hydrogens (tertiary/aromatic N) is 1. The Morgan fingerprint density at radius 2 is 2.00 bits per heavy atom. The van der Waals surface area contributed by atoms with Crippen LogP contribution in [-0.4, -0.2) is 24.5 Å². The van der Waals surface area contributed by atoms with Crippen molar-refractivity contribution in [2.75, 3.05) is 13.7 Å². The molecule has 2 aromatic carbocycles. The van der Waals surface area contributed by atoms with Gasteiger partial charge in [0, 0.05) is 13.6 Å². The van der Waals surface area contributed by atoms with Crippen molar-refractivity contribution >= 4 is 5.91 Å². The lowest BCUT2D eigenvalue weighted by Crippen LogP contribution is -2.31. The van der Waals surface area contributed by atoms with Crippen LogP contribution in [0.5, 0.6) is 5.75 Å². The van der Waals surface area contributed by atoms with Crippen molar-refractivity contribution in [3.8, 4) is 5.75 Å². The molecule has 0 atom stereocenters. The molecule has 1 amide bonds. The van der Waals surface area contributed by atoms with Crippen LogP contribution in [0.3, 0.4) is 0 Å². The lowest BCUT2D eigenvalue weighted by atomic mass is 10.1. The Bertz CT molecular complexity index is 714. The number of likely N-dealkylation sites (N-methyl/N-ethyl adjacent to an activating group) is 1. The van der Waals surface area contributed by atoms with Crippen molar-refractivity contribution in [1.29, 1.82) is 0 Å². The molecule has 4 heteroatoms. The third-order valence-electron chi connectivity index (χ3n) is 4.17. The number of hydrogen-bond donors (Lipinski definition) is 0. The summed E-state index contributed by atoms with van der Waals surface area (Å²) in [6.07, 6.45) is 3.40. The number of hydrogen-bond acceptors (Lipinski definition) is 2. The predicted octanol–water partition coefficient (Wildman–Crippen LogP) is 3.35. The lowest BCUT2D eigenvalue weighted by Gasteiger charge is -2.18. The topological polar surface area (TPSA) is 29.5 Å². The molecular formula is C19H20FNO2. The molecule has 3 rings (SSSR count). The van der Waals surface area contributed by atoms with Crippen molar-refractivity contribution < 1.29 is 13.9 Å². The Hall–Kier alpha value is -2.36. The first-order valence-corrected chi connectivity index (χ1v) is 7.85. The summed E-state index contributed by atoms with van der Waals surface area (Å²) in [7, 11) is 1.69. The molecule has 0 saturated carbocycles. The molecule has 0 heterocycles. The molecule has 0 bridgehead atoms. The highest BCUT2D eigenvalue weighted by atomic mass is 19.1. The number of aryl methyl sites for hydroxylation is 2. The van der Waals surface area contributed by atoms with Crippen molar-refractivity contribution in [3.05, 3.63) is 65.0 Å². The van der Waals surface area contributed by atoms with E-state index in [-0.39, 0.29) is 18.3 Å². The van der Waals surface area contributed by atoms with E-state index in [9.17, 15) is 9.18 Å². The van der Waals surface area contributed by atoms with Crippen LogP contribution < -0.4 is 4.74 Å². The molecule has 120 valence electrons. The highest BCUT2D eigenvalue weighted by Gasteiger charge is 2.13. The molecule has 0 radical (unpaired) electrons. The van der Waals surface area contributed by atoms with Gasteiger partial charge in [-0.2, -0.15) is 0 Å². The van der Waals surface area contributed by atoms with Gasteiger partial charge < -0.3 is 9.64 Å². The van der Waals surface area contributed by atoms with Crippen molar-refractivity contribution in [3.63, 3.8) is 0 Å². The van der Waals surface area contributed by atoms with Crippen LogP contribution in [0.1, 0.15) is 23.1 Å². The minimum Gasteiger partial charge on any atom is -0.484 e. The summed E-state index contributed by atoms with van der Waals surface area (Å²) in [5.41, 5.74) is 3.47. The molecule has 0 unspecified atom stereocenters. The molecule has 0 saturated heterocycles. The summed E-state index contributed by atoms with van der Waals surface area (Å²) in [5, 5.41) is 0. The van der Waals surface area contributed by atoms with Gasteiger partial charge in [0.05, 0.1) is 0 Å². The van der Waals surface area contributed by atoms with Gasteiger partial charge in [-0.3, -0.25) is 4.79 Å². The van der Waals surface area contributed by atoms with Gasteiger partial charge in [-0.05, 0) is 60.2 Å². The first-order valence-electron chi connectivity index (χ1n) is 7.85. The first kappa shape index (κ1) is 15.5. The summed E-state index contributed by atoms with van der Waals surface area (Å²) in [6.45, 7) is 0.356. The van der Waals surface area contributed by atoms with Crippen LogP contribution in [0.15, 0.2) is 42.5 Å². The molecule has 0 aliphatic heterocycles. The van der Waals surface area contributed by atoms with E-state index in [0.29, 0.717) is 6.54 Å². The fraction of sp³-hybridized carbons (Fsp3) is 0.316. The van der Waals surface area contributed by atoms with Gasteiger partial charge in [0.25, 0.3) is 5.91 Å². The Balaban J connectivity index is 1.54. The van der Waals surface area contributed by atoms with E-state index in [4.69, 9.17) is 4.74 Å². The molecular weight excluding hydrogens is 293 g/mol. The number of rotatable bonds is 5. The van der Waals surface area contributed by atoms with Gasteiger partial charge >= 0.3 is 0 Å². The van der Waals surface area contributed by atoms with Gasteiger partial charge in [-0.15, -0.1) is 0 Å². The molecule has 1 aliphatic rings. The fourth-order valence-electron chi connectivity index (χ4n) is 2.89. The normalized spacial score (nSPS) is 12.8. The van der Waals surface area contributed by atoms with Crippen LogP contribution in [0, 0.1) is 5.82 Å². The molecule has 0 aromatic heterocycles. The number of fused-ring (bicyclic) bond motifs is 1. The number of amides is 1. The average Bonchev–Trinajstić information content (AvgIpc) is 3.00. The zero-order valence-corrected chi connectivity index (χ0v) is 13.2.